The van der Waals surface area contributed by atoms with Crippen LogP contribution in [0.4, 0.5) is 4.39 Å². The average molecular weight is 354 g/mol. The summed E-state index contributed by atoms with van der Waals surface area (Å²) in [5.41, 5.74) is 1.52. The average Bonchev–Trinajstić information content (AvgIpc) is 2.90. The first-order chi connectivity index (χ1) is 10.1. The molecule has 110 valence electrons. The molecule has 0 unspecified atom stereocenters. The summed E-state index contributed by atoms with van der Waals surface area (Å²) in [5, 5.41) is 13.1. The van der Waals surface area contributed by atoms with E-state index in [-0.39, 0.29) is 18.4 Å². The summed E-state index contributed by atoms with van der Waals surface area (Å²) in [6, 6.07) is 7.82. The third kappa shape index (κ3) is 3.11. The van der Waals surface area contributed by atoms with Crippen LogP contribution in [0.25, 0.3) is 0 Å². The van der Waals surface area contributed by atoms with Crippen LogP contribution in [0.5, 0.6) is 17.2 Å². The Bertz CT molecular complexity index is 678. The summed E-state index contributed by atoms with van der Waals surface area (Å²) in [6.07, 6.45) is 0. The fourth-order valence-corrected chi connectivity index (χ4v) is 2.51. The highest BCUT2D eigenvalue weighted by atomic mass is 79.9. The molecule has 3 rings (SSSR count). The highest BCUT2D eigenvalue weighted by Gasteiger charge is 2.16. The van der Waals surface area contributed by atoms with Crippen LogP contribution in [0.1, 0.15) is 11.1 Å². The molecule has 0 bridgehead atoms. The van der Waals surface area contributed by atoms with Crippen molar-refractivity contribution in [3.05, 3.63) is 51.7 Å². The lowest BCUT2D eigenvalue weighted by molar-refractivity contribution is 0.174. The molecule has 1 aliphatic rings. The first kappa shape index (κ1) is 14.2. The van der Waals surface area contributed by atoms with E-state index in [2.05, 4.69) is 21.2 Å². The molecule has 4 nitrogen and oxygen atoms in total. The molecule has 0 amide bonds. The van der Waals surface area contributed by atoms with Crippen LogP contribution in [0.15, 0.2) is 34.8 Å². The zero-order valence-electron chi connectivity index (χ0n) is 11.0. The van der Waals surface area contributed by atoms with Crippen LogP contribution in [-0.2, 0) is 13.1 Å². The first-order valence-electron chi connectivity index (χ1n) is 6.39. The van der Waals surface area contributed by atoms with Crippen LogP contribution < -0.4 is 14.8 Å². The Morgan fingerprint density at radius 3 is 2.62 bits per heavy atom. The van der Waals surface area contributed by atoms with E-state index < -0.39 is 0 Å². The number of halogens is 2. The van der Waals surface area contributed by atoms with Gasteiger partial charge < -0.3 is 19.9 Å². The topological polar surface area (TPSA) is 50.7 Å². The van der Waals surface area contributed by atoms with Gasteiger partial charge in [-0.15, -0.1) is 0 Å². The molecule has 21 heavy (non-hydrogen) atoms. The van der Waals surface area contributed by atoms with Crippen LogP contribution >= 0.6 is 15.9 Å². The normalized spacial score (nSPS) is 12.7. The van der Waals surface area contributed by atoms with Crippen molar-refractivity contribution in [3.8, 4) is 17.2 Å². The fraction of sp³-hybridized carbons (Fsp3) is 0.200. The summed E-state index contributed by atoms with van der Waals surface area (Å²) in [7, 11) is 0. The summed E-state index contributed by atoms with van der Waals surface area (Å²) >= 11 is 3.38. The molecule has 1 heterocycles. The minimum absolute atomic E-state index is 0.144. The Labute approximate surface area is 129 Å². The predicted octanol–water partition coefficient (Wildman–Crippen LogP) is 3.31. The molecule has 1 aliphatic heterocycles. The number of aromatic hydroxyl groups is 1. The summed E-state index contributed by atoms with van der Waals surface area (Å²) in [5.74, 6) is 1.03. The smallest absolute Gasteiger partial charge is 0.231 e. The quantitative estimate of drug-likeness (QED) is 0.885. The maximum absolute atomic E-state index is 13.2. The van der Waals surface area contributed by atoms with Crippen molar-refractivity contribution in [2.45, 2.75) is 13.1 Å². The fourth-order valence-electron chi connectivity index (χ4n) is 2.13. The maximum atomic E-state index is 13.2. The van der Waals surface area contributed by atoms with Gasteiger partial charge >= 0.3 is 0 Å². The zero-order valence-corrected chi connectivity index (χ0v) is 12.6. The molecular weight excluding hydrogens is 341 g/mol. The number of hydrogen-bond acceptors (Lipinski definition) is 4. The molecule has 0 aliphatic carbocycles. The van der Waals surface area contributed by atoms with E-state index in [1.54, 1.807) is 12.1 Å². The van der Waals surface area contributed by atoms with Crippen LogP contribution in [0.3, 0.4) is 0 Å². The lowest BCUT2D eigenvalue weighted by atomic mass is 10.1. The Morgan fingerprint density at radius 2 is 1.81 bits per heavy atom. The number of benzene rings is 2. The van der Waals surface area contributed by atoms with Crippen molar-refractivity contribution in [1.29, 1.82) is 0 Å². The zero-order chi connectivity index (χ0) is 14.8. The third-order valence-electron chi connectivity index (χ3n) is 3.21. The molecule has 0 saturated heterocycles. The number of phenolic OH excluding ortho intramolecular Hbond substituents is 1. The van der Waals surface area contributed by atoms with Crippen molar-refractivity contribution < 1.29 is 19.0 Å². The van der Waals surface area contributed by atoms with Gasteiger partial charge in [0.1, 0.15) is 11.6 Å². The van der Waals surface area contributed by atoms with Crippen LogP contribution in [-0.4, -0.2) is 11.9 Å². The summed E-state index contributed by atoms with van der Waals surface area (Å²) < 4.78 is 24.5. The highest BCUT2D eigenvalue weighted by molar-refractivity contribution is 9.10. The minimum Gasteiger partial charge on any atom is -0.507 e. The number of ether oxygens (including phenoxy) is 2. The highest BCUT2D eigenvalue weighted by Crippen LogP contribution is 2.37. The molecule has 2 aromatic carbocycles. The first-order valence-corrected chi connectivity index (χ1v) is 7.19. The maximum Gasteiger partial charge on any atom is 0.231 e. The Morgan fingerprint density at radius 1 is 1.10 bits per heavy atom. The van der Waals surface area contributed by atoms with Gasteiger partial charge in [-0.3, -0.25) is 0 Å². The second-order valence-electron chi connectivity index (χ2n) is 4.67. The molecule has 0 radical (unpaired) electrons. The predicted molar refractivity (Wildman–Crippen MR) is 78.9 cm³/mol. The van der Waals surface area contributed by atoms with Gasteiger partial charge in [0.25, 0.3) is 0 Å². The minimum atomic E-state index is -0.277. The van der Waals surface area contributed by atoms with Crippen molar-refractivity contribution >= 4 is 15.9 Å². The van der Waals surface area contributed by atoms with E-state index in [0.29, 0.717) is 30.2 Å². The second kappa shape index (κ2) is 5.91. The molecule has 0 aromatic heterocycles. The monoisotopic (exact) mass is 353 g/mol. The summed E-state index contributed by atoms with van der Waals surface area (Å²) in [6.45, 7) is 1.08. The Kier molecular flexibility index (Phi) is 3.98. The number of nitrogens with one attached hydrogen (secondary N) is 1. The summed E-state index contributed by atoms with van der Waals surface area (Å²) in [4.78, 5) is 0. The van der Waals surface area contributed by atoms with Crippen molar-refractivity contribution in [2.75, 3.05) is 6.79 Å². The van der Waals surface area contributed by atoms with E-state index in [1.807, 2.05) is 0 Å². The van der Waals surface area contributed by atoms with Crippen LogP contribution in [0, 0.1) is 5.82 Å². The van der Waals surface area contributed by atoms with E-state index in [1.165, 1.54) is 18.2 Å². The van der Waals surface area contributed by atoms with Gasteiger partial charge in [0.2, 0.25) is 6.79 Å². The van der Waals surface area contributed by atoms with Gasteiger partial charge in [0, 0.05) is 29.2 Å². The third-order valence-corrected chi connectivity index (χ3v) is 3.99. The lowest BCUT2D eigenvalue weighted by Crippen LogP contribution is -2.13. The van der Waals surface area contributed by atoms with Crippen LogP contribution in [0.2, 0.25) is 0 Å². The molecular formula is C15H13BrFNO3. The Hall–Kier alpha value is -1.79. The molecule has 0 atom stereocenters. The molecule has 0 fully saturated rings. The van der Waals surface area contributed by atoms with Crippen molar-refractivity contribution in [1.82, 2.24) is 5.32 Å². The van der Waals surface area contributed by atoms with E-state index >= 15 is 0 Å². The van der Waals surface area contributed by atoms with Crippen molar-refractivity contribution in [3.63, 3.8) is 0 Å². The van der Waals surface area contributed by atoms with E-state index in [9.17, 15) is 9.50 Å². The SMILES string of the molecule is Oc1cc2c(cc1CNCc1cc(F)ccc1Br)OCO2. The Balaban J connectivity index is 1.67. The van der Waals surface area contributed by atoms with Gasteiger partial charge in [0.05, 0.1) is 0 Å². The molecule has 0 saturated carbocycles. The van der Waals surface area contributed by atoms with E-state index in [0.717, 1.165) is 10.0 Å². The number of rotatable bonds is 4. The van der Waals surface area contributed by atoms with Gasteiger partial charge in [0.15, 0.2) is 11.5 Å². The van der Waals surface area contributed by atoms with Gasteiger partial charge in [-0.1, -0.05) is 15.9 Å². The molecule has 2 aromatic rings. The van der Waals surface area contributed by atoms with Gasteiger partial charge in [-0.25, -0.2) is 4.39 Å². The number of phenols is 1. The van der Waals surface area contributed by atoms with Crippen molar-refractivity contribution in [2.24, 2.45) is 0 Å². The number of hydrogen-bond donors (Lipinski definition) is 2. The molecule has 6 heteroatoms. The van der Waals surface area contributed by atoms with Gasteiger partial charge in [-0.05, 0) is 29.8 Å². The lowest BCUT2D eigenvalue weighted by Gasteiger charge is -2.09. The van der Waals surface area contributed by atoms with E-state index in [4.69, 9.17) is 9.47 Å². The number of fused-ring (bicyclic) bond motifs is 1. The second-order valence-corrected chi connectivity index (χ2v) is 5.53. The largest absolute Gasteiger partial charge is 0.507 e. The molecule has 0 spiro atoms. The molecule has 2 N–H and O–H groups in total. The van der Waals surface area contributed by atoms with Gasteiger partial charge in [-0.2, -0.15) is 0 Å². The standard InChI is InChI=1S/C15H13BrFNO3/c16-12-2-1-11(17)3-9(12)6-18-7-10-4-14-15(5-13(10)19)21-8-20-14/h1-5,18-19H,6-8H2.